The summed E-state index contributed by atoms with van der Waals surface area (Å²) < 4.78 is 0. The van der Waals surface area contributed by atoms with Crippen LogP contribution in [0.1, 0.15) is 37.0 Å². The van der Waals surface area contributed by atoms with Gasteiger partial charge in [-0.2, -0.15) is 0 Å². The molecule has 2 nitrogen and oxygen atoms in total. The van der Waals surface area contributed by atoms with Crippen LogP contribution in [0.25, 0.3) is 0 Å². The summed E-state index contributed by atoms with van der Waals surface area (Å²) in [7, 11) is 0. The van der Waals surface area contributed by atoms with Gasteiger partial charge in [0, 0.05) is 19.1 Å². The Morgan fingerprint density at radius 2 is 1.11 bits per heavy atom. The fraction of sp³-hybridized carbons (Fsp3) is 0.308. The summed E-state index contributed by atoms with van der Waals surface area (Å²) in [6.07, 6.45) is 1.53. The SMILES string of the molecule is CC[C@@](C)(O)[C@H](Cc1ccccc1)N(Cc1ccccc1)Cc1ccccc1. The van der Waals surface area contributed by atoms with E-state index >= 15 is 0 Å². The first-order valence-electron chi connectivity index (χ1n) is 10.2. The van der Waals surface area contributed by atoms with E-state index in [1.807, 2.05) is 13.0 Å². The Balaban J connectivity index is 1.94. The summed E-state index contributed by atoms with van der Waals surface area (Å²) in [4.78, 5) is 2.43. The van der Waals surface area contributed by atoms with Crippen molar-refractivity contribution in [1.29, 1.82) is 0 Å². The molecule has 3 aromatic carbocycles. The summed E-state index contributed by atoms with van der Waals surface area (Å²) in [5.41, 5.74) is 3.01. The molecule has 0 aliphatic carbocycles. The van der Waals surface area contributed by atoms with Gasteiger partial charge in [-0.3, -0.25) is 4.90 Å². The largest absolute Gasteiger partial charge is 0.389 e. The molecule has 0 saturated heterocycles. The Bertz CT molecular complexity index is 773. The van der Waals surface area contributed by atoms with Crippen molar-refractivity contribution in [3.8, 4) is 0 Å². The summed E-state index contributed by atoms with van der Waals surface area (Å²) in [6.45, 7) is 5.66. The summed E-state index contributed by atoms with van der Waals surface area (Å²) in [5, 5.41) is 11.3. The minimum absolute atomic E-state index is 0.0142. The maximum Gasteiger partial charge on any atom is 0.0775 e. The van der Waals surface area contributed by atoms with Crippen molar-refractivity contribution in [3.63, 3.8) is 0 Å². The third-order valence-electron chi connectivity index (χ3n) is 5.60. The lowest BCUT2D eigenvalue weighted by Crippen LogP contribution is -2.51. The second kappa shape index (κ2) is 9.68. The van der Waals surface area contributed by atoms with Crippen LogP contribution in [-0.4, -0.2) is 21.6 Å². The van der Waals surface area contributed by atoms with E-state index in [0.717, 1.165) is 19.5 Å². The maximum atomic E-state index is 11.3. The van der Waals surface area contributed by atoms with Gasteiger partial charge in [0.2, 0.25) is 0 Å². The van der Waals surface area contributed by atoms with Gasteiger partial charge < -0.3 is 5.11 Å². The maximum absolute atomic E-state index is 11.3. The van der Waals surface area contributed by atoms with Gasteiger partial charge in [0.1, 0.15) is 0 Å². The Morgan fingerprint density at radius 3 is 1.50 bits per heavy atom. The van der Waals surface area contributed by atoms with E-state index in [1.54, 1.807) is 0 Å². The first-order chi connectivity index (χ1) is 13.6. The molecule has 0 amide bonds. The molecule has 0 heterocycles. The zero-order chi connectivity index (χ0) is 19.8. The van der Waals surface area contributed by atoms with E-state index < -0.39 is 5.60 Å². The molecule has 0 aliphatic rings. The summed E-state index contributed by atoms with van der Waals surface area (Å²) in [6, 6.07) is 31.6. The van der Waals surface area contributed by atoms with E-state index in [9.17, 15) is 5.11 Å². The topological polar surface area (TPSA) is 23.5 Å². The third-order valence-corrected chi connectivity index (χ3v) is 5.60. The normalized spacial score (nSPS) is 14.6. The van der Waals surface area contributed by atoms with Gasteiger partial charge in [-0.05, 0) is 36.5 Å². The smallest absolute Gasteiger partial charge is 0.0775 e. The van der Waals surface area contributed by atoms with Crippen molar-refractivity contribution < 1.29 is 5.11 Å². The molecule has 28 heavy (non-hydrogen) atoms. The second-order valence-corrected chi connectivity index (χ2v) is 7.79. The Hall–Kier alpha value is -2.42. The molecule has 0 bridgehead atoms. The van der Waals surface area contributed by atoms with Crippen molar-refractivity contribution in [1.82, 2.24) is 4.90 Å². The molecule has 3 aromatic rings. The lowest BCUT2D eigenvalue weighted by molar-refractivity contribution is -0.0432. The number of hydrogen-bond donors (Lipinski definition) is 1. The van der Waals surface area contributed by atoms with E-state index in [2.05, 4.69) is 96.8 Å². The minimum Gasteiger partial charge on any atom is -0.389 e. The van der Waals surface area contributed by atoms with Crippen molar-refractivity contribution in [2.24, 2.45) is 0 Å². The number of hydrogen-bond acceptors (Lipinski definition) is 2. The van der Waals surface area contributed by atoms with Crippen LogP contribution in [-0.2, 0) is 19.5 Å². The fourth-order valence-electron chi connectivity index (χ4n) is 3.73. The van der Waals surface area contributed by atoms with Crippen LogP contribution >= 0.6 is 0 Å². The average Bonchev–Trinajstić information content (AvgIpc) is 2.74. The molecule has 2 atom stereocenters. The standard InChI is InChI=1S/C26H31NO/c1-3-26(2,28)25(19-22-13-7-4-8-14-22)27(20-23-15-9-5-10-16-23)21-24-17-11-6-12-18-24/h4-18,25,28H,3,19-21H2,1-2H3/t25-,26+/m0/s1. The first kappa shape index (κ1) is 20.3. The van der Waals surface area contributed by atoms with Crippen LogP contribution in [0.5, 0.6) is 0 Å². The van der Waals surface area contributed by atoms with Gasteiger partial charge >= 0.3 is 0 Å². The van der Waals surface area contributed by atoms with Gasteiger partial charge in [0.25, 0.3) is 0 Å². The number of aliphatic hydroxyl groups is 1. The molecule has 1 N–H and O–H groups in total. The molecule has 0 aromatic heterocycles. The third kappa shape index (κ3) is 5.54. The van der Waals surface area contributed by atoms with Gasteiger partial charge in [-0.15, -0.1) is 0 Å². The second-order valence-electron chi connectivity index (χ2n) is 7.79. The van der Waals surface area contributed by atoms with E-state index in [0.29, 0.717) is 6.42 Å². The zero-order valence-corrected chi connectivity index (χ0v) is 17.0. The van der Waals surface area contributed by atoms with Crippen molar-refractivity contribution in [2.75, 3.05) is 0 Å². The molecular formula is C26H31NO. The zero-order valence-electron chi connectivity index (χ0n) is 17.0. The molecule has 146 valence electrons. The summed E-state index contributed by atoms with van der Waals surface area (Å²) >= 11 is 0. The predicted molar refractivity (Wildman–Crippen MR) is 117 cm³/mol. The Labute approximate surface area is 169 Å². The van der Waals surface area contributed by atoms with E-state index in [1.165, 1.54) is 16.7 Å². The van der Waals surface area contributed by atoms with Crippen LogP contribution in [0.15, 0.2) is 91.0 Å². The van der Waals surface area contributed by atoms with Crippen molar-refractivity contribution in [3.05, 3.63) is 108 Å². The molecule has 2 heteroatoms. The van der Waals surface area contributed by atoms with Crippen molar-refractivity contribution in [2.45, 2.75) is 51.4 Å². The van der Waals surface area contributed by atoms with Gasteiger partial charge in [-0.1, -0.05) is 97.9 Å². The predicted octanol–water partition coefficient (Wildman–Crippen LogP) is 5.46. The van der Waals surface area contributed by atoms with E-state index in [-0.39, 0.29) is 6.04 Å². The first-order valence-corrected chi connectivity index (χ1v) is 10.2. The monoisotopic (exact) mass is 373 g/mol. The van der Waals surface area contributed by atoms with Crippen LogP contribution in [0.4, 0.5) is 0 Å². The number of rotatable bonds is 9. The van der Waals surface area contributed by atoms with E-state index in [4.69, 9.17) is 0 Å². The molecule has 3 rings (SSSR count). The van der Waals surface area contributed by atoms with Crippen LogP contribution in [0, 0.1) is 0 Å². The molecule has 0 radical (unpaired) electrons. The molecule has 0 saturated carbocycles. The highest BCUT2D eigenvalue weighted by Gasteiger charge is 2.35. The van der Waals surface area contributed by atoms with Gasteiger partial charge in [0.15, 0.2) is 0 Å². The van der Waals surface area contributed by atoms with Crippen LogP contribution in [0.3, 0.4) is 0 Å². The molecule has 0 fully saturated rings. The van der Waals surface area contributed by atoms with Gasteiger partial charge in [-0.25, -0.2) is 0 Å². The quantitative estimate of drug-likeness (QED) is 0.538. The summed E-state index contributed by atoms with van der Waals surface area (Å²) in [5.74, 6) is 0. The molecule has 0 spiro atoms. The van der Waals surface area contributed by atoms with Crippen LogP contribution in [0.2, 0.25) is 0 Å². The Kier molecular flexibility index (Phi) is 7.02. The number of benzene rings is 3. The molecule has 0 aliphatic heterocycles. The minimum atomic E-state index is -0.778. The van der Waals surface area contributed by atoms with Crippen molar-refractivity contribution >= 4 is 0 Å². The fourth-order valence-corrected chi connectivity index (χ4v) is 3.73. The highest BCUT2D eigenvalue weighted by molar-refractivity contribution is 5.20. The Morgan fingerprint density at radius 1 is 0.714 bits per heavy atom. The van der Waals surface area contributed by atoms with Gasteiger partial charge in [0.05, 0.1) is 5.60 Å². The highest BCUT2D eigenvalue weighted by atomic mass is 16.3. The lowest BCUT2D eigenvalue weighted by atomic mass is 9.86. The number of nitrogens with zero attached hydrogens (tertiary/aromatic N) is 1. The highest BCUT2D eigenvalue weighted by Crippen LogP contribution is 2.27. The average molecular weight is 374 g/mol. The lowest BCUT2D eigenvalue weighted by Gasteiger charge is -2.41. The molecule has 0 unspecified atom stereocenters. The molecular weight excluding hydrogens is 342 g/mol. The van der Waals surface area contributed by atoms with Crippen LogP contribution < -0.4 is 0 Å².